The number of hydrogen-bond donors (Lipinski definition) is 1. The lowest BCUT2D eigenvalue weighted by Gasteiger charge is -2.29. The molecule has 1 aromatic heterocycles. The number of benzene rings is 2. The van der Waals surface area contributed by atoms with Crippen molar-refractivity contribution >= 4 is 40.0 Å². The van der Waals surface area contributed by atoms with Gasteiger partial charge in [0, 0.05) is 30.2 Å². The van der Waals surface area contributed by atoms with Gasteiger partial charge in [0.15, 0.2) is 11.5 Å². The maximum absolute atomic E-state index is 13.5. The minimum atomic E-state index is -0.496. The number of halogens is 2. The molecule has 2 aromatic carbocycles. The van der Waals surface area contributed by atoms with Crippen molar-refractivity contribution in [2.75, 3.05) is 38.7 Å². The Morgan fingerprint density at radius 3 is 2.88 bits per heavy atom. The number of carbonyl (C=O) groups excluding carboxylic acids is 1. The molecule has 0 spiro atoms. The van der Waals surface area contributed by atoms with E-state index in [0.29, 0.717) is 53.6 Å². The Balaban J connectivity index is 1.52. The summed E-state index contributed by atoms with van der Waals surface area (Å²) in [6, 6.07) is 7.88. The first-order valence-corrected chi connectivity index (χ1v) is 10.4. The number of nitrogens with one attached hydrogen (secondary N) is 1. The predicted octanol–water partition coefficient (Wildman–Crippen LogP) is 3.80. The number of aromatic nitrogens is 2. The van der Waals surface area contributed by atoms with E-state index in [1.807, 2.05) is 11.8 Å². The first kappa shape index (κ1) is 22.0. The monoisotopic (exact) mass is 460 g/mol. The van der Waals surface area contributed by atoms with Gasteiger partial charge in [0.05, 0.1) is 24.2 Å². The Labute approximate surface area is 189 Å². The number of anilines is 2. The molecule has 168 valence electrons. The fraction of sp³-hybridized carbons (Fsp3) is 0.318. The molecule has 0 aliphatic carbocycles. The zero-order valence-electron chi connectivity index (χ0n) is 17.6. The summed E-state index contributed by atoms with van der Waals surface area (Å²) in [6.07, 6.45) is 1.29. The van der Waals surface area contributed by atoms with E-state index in [1.54, 1.807) is 25.3 Å². The molecule has 0 radical (unpaired) electrons. The second-order valence-electron chi connectivity index (χ2n) is 7.38. The molecule has 32 heavy (non-hydrogen) atoms. The van der Waals surface area contributed by atoms with Gasteiger partial charge in [0.2, 0.25) is 0 Å². The highest BCUT2D eigenvalue weighted by Gasteiger charge is 2.23. The maximum atomic E-state index is 13.5. The van der Waals surface area contributed by atoms with Gasteiger partial charge >= 0.3 is 5.97 Å². The molecule has 1 aliphatic heterocycles. The van der Waals surface area contributed by atoms with Crippen LogP contribution in [0, 0.1) is 5.82 Å². The van der Waals surface area contributed by atoms with Gasteiger partial charge in [-0.3, -0.25) is 9.69 Å². The fourth-order valence-corrected chi connectivity index (χ4v) is 3.69. The first-order valence-electron chi connectivity index (χ1n) is 10.0. The molecule has 0 saturated carbocycles. The Bertz CT molecular complexity index is 1150. The summed E-state index contributed by atoms with van der Waals surface area (Å²) in [4.78, 5) is 22.2. The highest BCUT2D eigenvalue weighted by Crippen LogP contribution is 2.35. The molecule has 1 aliphatic rings. The Hall–Kier alpha value is -3.17. The van der Waals surface area contributed by atoms with Crippen LogP contribution < -0.4 is 14.8 Å². The van der Waals surface area contributed by atoms with Gasteiger partial charge in [-0.2, -0.15) is 0 Å². The van der Waals surface area contributed by atoms with Crippen LogP contribution in [0.4, 0.5) is 15.9 Å². The minimum Gasteiger partial charge on any atom is -0.493 e. The molecule has 0 amide bonds. The molecule has 10 heteroatoms. The number of rotatable bonds is 7. The molecule has 1 saturated heterocycles. The zero-order chi connectivity index (χ0) is 22.7. The van der Waals surface area contributed by atoms with Gasteiger partial charge in [-0.1, -0.05) is 11.6 Å². The number of carbonyl (C=O) groups is 1. The molecule has 1 unspecified atom stereocenters. The van der Waals surface area contributed by atoms with E-state index in [9.17, 15) is 9.18 Å². The van der Waals surface area contributed by atoms with E-state index in [0.717, 1.165) is 0 Å². The van der Waals surface area contributed by atoms with Crippen LogP contribution in [0.15, 0.2) is 36.7 Å². The number of fused-ring (bicyclic) bond motifs is 1. The third kappa shape index (κ3) is 5.00. The Kier molecular flexibility index (Phi) is 6.57. The van der Waals surface area contributed by atoms with Crippen LogP contribution in [0.25, 0.3) is 10.9 Å². The average molecular weight is 461 g/mol. The lowest BCUT2D eigenvalue weighted by molar-refractivity contribution is -0.157. The quantitative estimate of drug-likeness (QED) is 0.533. The Morgan fingerprint density at radius 2 is 2.12 bits per heavy atom. The standard InChI is InChI=1S/C22H22ClFN4O4/c1-13-10-28(11-21(29)32-13)5-6-31-20-9-18-15(8-19(20)30-2)22(26-12-25-18)27-14-3-4-17(24)16(23)7-14/h3-4,7-9,12-13H,5-6,10-11H2,1-2H3,(H,25,26,27). The smallest absolute Gasteiger partial charge is 0.320 e. The van der Waals surface area contributed by atoms with Gasteiger partial charge in [-0.25, -0.2) is 14.4 Å². The van der Waals surface area contributed by atoms with E-state index in [4.69, 9.17) is 25.8 Å². The summed E-state index contributed by atoms with van der Waals surface area (Å²) >= 11 is 5.87. The molecule has 3 aromatic rings. The largest absolute Gasteiger partial charge is 0.493 e. The average Bonchev–Trinajstić information content (AvgIpc) is 2.75. The van der Waals surface area contributed by atoms with Gasteiger partial charge in [-0.15, -0.1) is 0 Å². The fourth-order valence-electron chi connectivity index (χ4n) is 3.51. The number of ether oxygens (including phenoxy) is 3. The van der Waals surface area contributed by atoms with Gasteiger partial charge in [-0.05, 0) is 31.2 Å². The van der Waals surface area contributed by atoms with Crippen molar-refractivity contribution in [2.45, 2.75) is 13.0 Å². The van der Waals surface area contributed by atoms with E-state index in [1.165, 1.54) is 18.5 Å². The summed E-state index contributed by atoms with van der Waals surface area (Å²) in [5.74, 6) is 0.833. The van der Waals surface area contributed by atoms with E-state index in [-0.39, 0.29) is 23.6 Å². The van der Waals surface area contributed by atoms with Gasteiger partial charge in [0.1, 0.15) is 30.7 Å². The molecule has 8 nitrogen and oxygen atoms in total. The normalized spacial score (nSPS) is 16.6. The van der Waals surface area contributed by atoms with Crippen LogP contribution in [0.1, 0.15) is 6.92 Å². The number of esters is 1. The Morgan fingerprint density at radius 1 is 1.28 bits per heavy atom. The van der Waals surface area contributed by atoms with Crippen molar-refractivity contribution in [3.8, 4) is 11.5 Å². The molecular weight excluding hydrogens is 439 g/mol. The van der Waals surface area contributed by atoms with E-state index < -0.39 is 5.82 Å². The van der Waals surface area contributed by atoms with Crippen LogP contribution in [0.2, 0.25) is 5.02 Å². The molecule has 0 bridgehead atoms. The number of cyclic esters (lactones) is 1. The topological polar surface area (TPSA) is 85.8 Å². The second-order valence-corrected chi connectivity index (χ2v) is 7.79. The highest BCUT2D eigenvalue weighted by molar-refractivity contribution is 6.31. The zero-order valence-corrected chi connectivity index (χ0v) is 18.4. The SMILES string of the molecule is COc1cc2c(Nc3ccc(F)c(Cl)c3)ncnc2cc1OCCN1CC(=O)OC(C)C1. The van der Waals surface area contributed by atoms with Crippen molar-refractivity contribution in [3.63, 3.8) is 0 Å². The molecule has 4 rings (SSSR count). The predicted molar refractivity (Wildman–Crippen MR) is 118 cm³/mol. The van der Waals surface area contributed by atoms with Gasteiger partial charge < -0.3 is 19.5 Å². The third-order valence-electron chi connectivity index (χ3n) is 4.97. The second kappa shape index (κ2) is 9.54. The van der Waals surface area contributed by atoms with E-state index >= 15 is 0 Å². The van der Waals surface area contributed by atoms with Crippen molar-refractivity contribution in [1.29, 1.82) is 0 Å². The van der Waals surface area contributed by atoms with E-state index in [2.05, 4.69) is 15.3 Å². The highest BCUT2D eigenvalue weighted by atomic mass is 35.5. The van der Waals surface area contributed by atoms with Gasteiger partial charge in [0.25, 0.3) is 0 Å². The van der Waals surface area contributed by atoms with Crippen LogP contribution in [-0.4, -0.2) is 60.3 Å². The molecule has 1 fully saturated rings. The summed E-state index contributed by atoms with van der Waals surface area (Å²) in [7, 11) is 1.55. The minimum absolute atomic E-state index is 0.0120. The number of morpholine rings is 1. The molecule has 1 N–H and O–H groups in total. The maximum Gasteiger partial charge on any atom is 0.320 e. The van der Waals surface area contributed by atoms with Crippen LogP contribution in [0.5, 0.6) is 11.5 Å². The lowest BCUT2D eigenvalue weighted by atomic mass is 10.2. The number of hydrogen-bond acceptors (Lipinski definition) is 8. The third-order valence-corrected chi connectivity index (χ3v) is 5.26. The molecular formula is C22H22ClFN4O4. The molecule has 2 heterocycles. The summed E-state index contributed by atoms with van der Waals surface area (Å²) < 4.78 is 30.0. The summed E-state index contributed by atoms with van der Waals surface area (Å²) in [6.45, 7) is 3.72. The number of methoxy groups -OCH3 is 1. The molecule has 1 atom stereocenters. The van der Waals surface area contributed by atoms with Crippen LogP contribution in [0.3, 0.4) is 0 Å². The summed E-state index contributed by atoms with van der Waals surface area (Å²) in [5, 5.41) is 3.84. The van der Waals surface area contributed by atoms with Crippen LogP contribution in [-0.2, 0) is 9.53 Å². The van der Waals surface area contributed by atoms with Crippen LogP contribution >= 0.6 is 11.6 Å². The van der Waals surface area contributed by atoms with Crippen molar-refractivity contribution in [2.24, 2.45) is 0 Å². The van der Waals surface area contributed by atoms with Crippen molar-refractivity contribution in [1.82, 2.24) is 14.9 Å². The first-order chi connectivity index (χ1) is 15.4. The summed E-state index contributed by atoms with van der Waals surface area (Å²) in [5.41, 5.74) is 1.23. The number of nitrogens with zero attached hydrogens (tertiary/aromatic N) is 3. The van der Waals surface area contributed by atoms with Crippen molar-refractivity contribution in [3.05, 3.63) is 47.5 Å². The lowest BCUT2D eigenvalue weighted by Crippen LogP contribution is -2.45. The van der Waals surface area contributed by atoms with Crippen molar-refractivity contribution < 1.29 is 23.4 Å².